The lowest BCUT2D eigenvalue weighted by molar-refractivity contribution is -0.221. The first-order valence-corrected chi connectivity index (χ1v) is 3.42. The van der Waals surface area contributed by atoms with E-state index in [1.54, 1.807) is 6.07 Å². The molecule has 13 heavy (non-hydrogen) atoms. The van der Waals surface area contributed by atoms with Crippen LogP contribution in [0.1, 0.15) is 0 Å². The topological polar surface area (TPSA) is 81.0 Å². The van der Waals surface area contributed by atoms with E-state index in [9.17, 15) is 0 Å². The number of ether oxygens (including phenoxy) is 1. The fourth-order valence-corrected chi connectivity index (χ4v) is 0.793. The summed E-state index contributed by atoms with van der Waals surface area (Å²) in [4.78, 5) is 11.4. The molecule has 0 fully saturated rings. The van der Waals surface area contributed by atoms with Crippen LogP contribution >= 0.6 is 0 Å². The van der Waals surface area contributed by atoms with E-state index in [4.69, 9.17) is 15.3 Å². The molecule has 1 heterocycles. The highest BCUT2D eigenvalue weighted by atomic mass is 17.2. The molecule has 0 aliphatic heterocycles. The number of rotatable bonds is 4. The molecule has 1 aromatic rings. The quantitative estimate of drug-likeness (QED) is 0.382. The van der Waals surface area contributed by atoms with Gasteiger partial charge in [0.15, 0.2) is 0 Å². The molecule has 6 nitrogen and oxygen atoms in total. The Bertz CT molecular complexity index is 250. The number of aromatic nitrogens is 1. The van der Waals surface area contributed by atoms with Gasteiger partial charge in [-0.05, 0) is 6.07 Å². The summed E-state index contributed by atoms with van der Waals surface area (Å²) >= 11 is 0. The standard InChI is InChI=1S/C6H8BNO5/c1-11-6-3-2-5(4-8-6)7(12-9)13-10/h2-4,9-10H,1H3. The molecule has 1 aromatic heterocycles. The molecular weight excluding hydrogens is 177 g/mol. The van der Waals surface area contributed by atoms with Gasteiger partial charge in [-0.15, -0.1) is 0 Å². The van der Waals surface area contributed by atoms with Crippen LogP contribution in [0.25, 0.3) is 0 Å². The molecule has 1 rings (SSSR count). The molecule has 0 spiro atoms. The van der Waals surface area contributed by atoms with E-state index in [0.29, 0.717) is 11.3 Å². The maximum atomic E-state index is 8.26. The molecule has 0 aliphatic carbocycles. The Balaban J connectivity index is 2.78. The molecule has 0 aliphatic rings. The van der Waals surface area contributed by atoms with Crippen molar-refractivity contribution in [2.24, 2.45) is 0 Å². The Hall–Kier alpha value is -1.15. The summed E-state index contributed by atoms with van der Waals surface area (Å²) in [6, 6.07) is 3.07. The number of pyridine rings is 1. The first-order chi connectivity index (χ1) is 6.31. The van der Waals surface area contributed by atoms with Gasteiger partial charge in [0.25, 0.3) is 0 Å². The predicted molar refractivity (Wildman–Crippen MR) is 43.6 cm³/mol. The van der Waals surface area contributed by atoms with Crippen LogP contribution in [-0.4, -0.2) is 29.7 Å². The predicted octanol–water partition coefficient (Wildman–Crippen LogP) is -0.235. The molecule has 0 amide bonds. The van der Waals surface area contributed by atoms with Crippen LogP contribution in [0.15, 0.2) is 18.3 Å². The molecule has 70 valence electrons. The largest absolute Gasteiger partial charge is 0.555 e. The fourth-order valence-electron chi connectivity index (χ4n) is 0.793. The number of nitrogens with zero attached hydrogens (tertiary/aromatic N) is 1. The van der Waals surface area contributed by atoms with E-state index in [1.165, 1.54) is 19.4 Å². The van der Waals surface area contributed by atoms with Gasteiger partial charge >= 0.3 is 7.12 Å². The van der Waals surface area contributed by atoms with E-state index in [-0.39, 0.29) is 0 Å². The minimum atomic E-state index is -1.25. The van der Waals surface area contributed by atoms with Crippen molar-refractivity contribution in [1.82, 2.24) is 4.98 Å². The van der Waals surface area contributed by atoms with Crippen molar-refractivity contribution in [2.75, 3.05) is 7.11 Å². The molecule has 0 saturated carbocycles. The lowest BCUT2D eigenvalue weighted by Gasteiger charge is -2.04. The first-order valence-electron chi connectivity index (χ1n) is 3.42. The molecule has 2 N–H and O–H groups in total. The van der Waals surface area contributed by atoms with Crippen molar-refractivity contribution in [3.63, 3.8) is 0 Å². The van der Waals surface area contributed by atoms with Crippen molar-refractivity contribution >= 4 is 12.6 Å². The summed E-state index contributed by atoms with van der Waals surface area (Å²) < 4.78 is 4.80. The fraction of sp³-hybridized carbons (Fsp3) is 0.167. The summed E-state index contributed by atoms with van der Waals surface area (Å²) in [7, 11) is 0.225. The Morgan fingerprint density at radius 1 is 1.31 bits per heavy atom. The smallest absolute Gasteiger partial charge is 0.481 e. The monoisotopic (exact) mass is 185 g/mol. The van der Waals surface area contributed by atoms with Crippen molar-refractivity contribution in [1.29, 1.82) is 0 Å². The number of methoxy groups -OCH3 is 1. The van der Waals surface area contributed by atoms with Crippen LogP contribution in [0.3, 0.4) is 0 Å². The van der Waals surface area contributed by atoms with Crippen LogP contribution in [0.5, 0.6) is 5.88 Å². The van der Waals surface area contributed by atoms with Crippen LogP contribution < -0.4 is 10.2 Å². The van der Waals surface area contributed by atoms with Gasteiger partial charge < -0.3 is 4.74 Å². The second-order valence-electron chi connectivity index (χ2n) is 2.18. The molecule has 0 atom stereocenters. The van der Waals surface area contributed by atoms with E-state index < -0.39 is 7.12 Å². The average molecular weight is 185 g/mol. The number of hydrogen-bond acceptors (Lipinski definition) is 6. The SMILES string of the molecule is COc1ccc(B(OO)OO)cn1. The molecule has 0 radical (unpaired) electrons. The Morgan fingerprint density at radius 3 is 2.38 bits per heavy atom. The lowest BCUT2D eigenvalue weighted by Crippen LogP contribution is -2.35. The van der Waals surface area contributed by atoms with E-state index in [2.05, 4.69) is 14.6 Å². The van der Waals surface area contributed by atoms with Gasteiger partial charge in [0, 0.05) is 11.7 Å². The van der Waals surface area contributed by atoms with Crippen molar-refractivity contribution in [3.05, 3.63) is 18.3 Å². The van der Waals surface area contributed by atoms with Crippen molar-refractivity contribution in [2.45, 2.75) is 0 Å². The van der Waals surface area contributed by atoms with E-state index in [1.807, 2.05) is 0 Å². The second-order valence-corrected chi connectivity index (χ2v) is 2.18. The van der Waals surface area contributed by atoms with Gasteiger partial charge in [0.1, 0.15) is 0 Å². The molecule has 0 unspecified atom stereocenters. The molecular formula is C6H8BNO5. The van der Waals surface area contributed by atoms with Crippen LogP contribution in [0.2, 0.25) is 0 Å². The summed E-state index contributed by atoms with van der Waals surface area (Å²) in [5.74, 6) is 0.415. The highest BCUT2D eigenvalue weighted by molar-refractivity contribution is 6.60. The van der Waals surface area contributed by atoms with Gasteiger partial charge in [-0.1, -0.05) is 6.07 Å². The summed E-state index contributed by atoms with van der Waals surface area (Å²) in [6.45, 7) is 0. The maximum Gasteiger partial charge on any atom is 0.555 e. The molecule has 0 bridgehead atoms. The summed E-state index contributed by atoms with van der Waals surface area (Å²) in [5, 5.41) is 16.5. The first kappa shape index (κ1) is 9.94. The normalized spacial score (nSPS) is 9.77. The molecule has 7 heteroatoms. The van der Waals surface area contributed by atoms with Gasteiger partial charge in [-0.3, -0.25) is 20.1 Å². The van der Waals surface area contributed by atoms with Gasteiger partial charge in [0.2, 0.25) is 5.88 Å². The zero-order valence-electron chi connectivity index (χ0n) is 6.88. The van der Waals surface area contributed by atoms with Crippen molar-refractivity contribution < 1.29 is 24.9 Å². The van der Waals surface area contributed by atoms with Crippen molar-refractivity contribution in [3.8, 4) is 5.88 Å². The third-order valence-corrected chi connectivity index (χ3v) is 1.43. The third kappa shape index (κ3) is 2.39. The highest BCUT2D eigenvalue weighted by Crippen LogP contribution is 2.01. The van der Waals surface area contributed by atoms with Crippen LogP contribution in [-0.2, 0) is 9.61 Å². The summed E-state index contributed by atoms with van der Waals surface area (Å²) in [6.07, 6.45) is 1.34. The van der Waals surface area contributed by atoms with Gasteiger partial charge in [0.05, 0.1) is 7.11 Å². The zero-order valence-corrected chi connectivity index (χ0v) is 6.88. The Kier molecular flexibility index (Phi) is 3.65. The van der Waals surface area contributed by atoms with Gasteiger partial charge in [-0.2, -0.15) is 0 Å². The van der Waals surface area contributed by atoms with Crippen LogP contribution in [0.4, 0.5) is 0 Å². The Morgan fingerprint density at radius 2 is 2.00 bits per heavy atom. The maximum absolute atomic E-state index is 8.26. The van der Waals surface area contributed by atoms with Crippen LogP contribution in [0, 0.1) is 0 Å². The van der Waals surface area contributed by atoms with E-state index in [0.717, 1.165) is 0 Å². The Labute approximate surface area is 74.7 Å². The highest BCUT2D eigenvalue weighted by Gasteiger charge is 2.22. The zero-order chi connectivity index (χ0) is 9.68. The minimum Gasteiger partial charge on any atom is -0.481 e. The molecule has 0 aromatic carbocycles. The van der Waals surface area contributed by atoms with E-state index >= 15 is 0 Å². The second kappa shape index (κ2) is 4.78. The number of hydrogen-bond donors (Lipinski definition) is 2. The van der Waals surface area contributed by atoms with Gasteiger partial charge in [-0.25, -0.2) is 4.98 Å². The lowest BCUT2D eigenvalue weighted by atomic mass is 9.81. The summed E-state index contributed by atoms with van der Waals surface area (Å²) in [5.41, 5.74) is 0.366. The molecule has 0 saturated heterocycles. The minimum absolute atomic E-state index is 0.366. The third-order valence-electron chi connectivity index (χ3n) is 1.43. The average Bonchev–Trinajstić information content (AvgIpc) is 2.21.